The van der Waals surface area contributed by atoms with Crippen LogP contribution < -0.4 is 0 Å². The van der Waals surface area contributed by atoms with Crippen molar-refractivity contribution in [2.45, 2.75) is 53.4 Å². The van der Waals surface area contributed by atoms with Gasteiger partial charge in [-0.05, 0) is 57.4 Å². The Morgan fingerprint density at radius 1 is 1.17 bits per heavy atom. The van der Waals surface area contributed by atoms with Gasteiger partial charge >= 0.3 is 0 Å². The number of carbonyl (C=O) groups is 1. The van der Waals surface area contributed by atoms with Gasteiger partial charge in [0.2, 0.25) is 5.91 Å². The van der Waals surface area contributed by atoms with Crippen molar-refractivity contribution < 1.29 is 4.79 Å². The van der Waals surface area contributed by atoms with Crippen LogP contribution in [-0.4, -0.2) is 33.7 Å². The highest BCUT2D eigenvalue weighted by atomic mass is 16.2. The van der Waals surface area contributed by atoms with Crippen LogP contribution in [0.15, 0.2) is 30.3 Å². The number of carbonyl (C=O) groups excluding carboxylic acids is 1. The van der Waals surface area contributed by atoms with E-state index in [9.17, 15) is 4.79 Å². The number of aryl methyl sites for hydroxylation is 3. The average Bonchev–Trinajstić information content (AvgIpc) is 2.92. The van der Waals surface area contributed by atoms with E-state index in [2.05, 4.69) is 56.2 Å². The molecular formula is C20H29N3O. The van der Waals surface area contributed by atoms with Crippen LogP contribution in [0.2, 0.25) is 0 Å². The molecule has 1 aromatic heterocycles. The molecule has 0 fully saturated rings. The van der Waals surface area contributed by atoms with Crippen LogP contribution in [0, 0.1) is 13.8 Å². The lowest BCUT2D eigenvalue weighted by molar-refractivity contribution is -0.131. The van der Waals surface area contributed by atoms with Gasteiger partial charge in [-0.1, -0.05) is 25.5 Å². The van der Waals surface area contributed by atoms with Gasteiger partial charge in [-0.2, -0.15) is 5.10 Å². The molecule has 4 heteroatoms. The fourth-order valence-electron chi connectivity index (χ4n) is 2.91. The Balaban J connectivity index is 1.94. The number of hydrogen-bond donors (Lipinski definition) is 0. The largest absolute Gasteiger partial charge is 0.343 e. The predicted octanol–water partition coefficient (Wildman–Crippen LogP) is 4.07. The van der Waals surface area contributed by atoms with E-state index in [-0.39, 0.29) is 5.91 Å². The van der Waals surface area contributed by atoms with Gasteiger partial charge in [-0.25, -0.2) is 4.68 Å². The summed E-state index contributed by atoms with van der Waals surface area (Å²) in [5.41, 5.74) is 4.41. The Kier molecular flexibility index (Phi) is 6.59. The van der Waals surface area contributed by atoms with Crippen molar-refractivity contribution in [2.75, 3.05) is 13.1 Å². The van der Waals surface area contributed by atoms with Crippen LogP contribution in [-0.2, 0) is 11.2 Å². The van der Waals surface area contributed by atoms with E-state index in [1.165, 1.54) is 5.56 Å². The summed E-state index contributed by atoms with van der Waals surface area (Å²) in [4.78, 5) is 14.3. The highest BCUT2D eigenvalue weighted by Crippen LogP contribution is 2.14. The lowest BCUT2D eigenvalue weighted by Gasteiger charge is -2.20. The zero-order valence-electron chi connectivity index (χ0n) is 15.4. The number of benzene rings is 1. The number of amides is 1. The molecule has 0 radical (unpaired) electrons. The molecule has 24 heavy (non-hydrogen) atoms. The molecular weight excluding hydrogens is 298 g/mol. The Morgan fingerprint density at radius 2 is 1.88 bits per heavy atom. The molecule has 1 aromatic carbocycles. The molecule has 1 heterocycles. The van der Waals surface area contributed by atoms with Gasteiger partial charge in [0.25, 0.3) is 0 Å². The number of hydrogen-bond acceptors (Lipinski definition) is 2. The molecule has 0 spiro atoms. The summed E-state index contributed by atoms with van der Waals surface area (Å²) in [7, 11) is 0. The summed E-state index contributed by atoms with van der Waals surface area (Å²) in [5.74, 6) is 0.258. The van der Waals surface area contributed by atoms with Crippen molar-refractivity contribution in [3.8, 4) is 5.69 Å². The molecule has 1 amide bonds. The third kappa shape index (κ3) is 4.70. The van der Waals surface area contributed by atoms with Gasteiger partial charge in [0.05, 0.1) is 11.4 Å². The minimum absolute atomic E-state index is 0.258. The second-order valence-electron chi connectivity index (χ2n) is 6.33. The Hall–Kier alpha value is -2.10. The SMILES string of the molecule is CCCCN(CC)C(=O)CCc1ccc(-n2nc(C)cc2C)cc1. The maximum Gasteiger partial charge on any atom is 0.222 e. The van der Waals surface area contributed by atoms with Gasteiger partial charge in [0, 0.05) is 25.2 Å². The van der Waals surface area contributed by atoms with E-state index >= 15 is 0 Å². The number of nitrogens with zero attached hydrogens (tertiary/aromatic N) is 3. The van der Waals surface area contributed by atoms with E-state index < -0.39 is 0 Å². The smallest absolute Gasteiger partial charge is 0.222 e. The van der Waals surface area contributed by atoms with E-state index in [4.69, 9.17) is 0 Å². The van der Waals surface area contributed by atoms with Crippen molar-refractivity contribution in [3.05, 3.63) is 47.3 Å². The molecule has 2 rings (SSSR count). The van der Waals surface area contributed by atoms with E-state index in [1.807, 2.05) is 16.5 Å². The molecule has 0 aliphatic heterocycles. The third-order valence-electron chi connectivity index (χ3n) is 4.33. The van der Waals surface area contributed by atoms with Crippen LogP contribution in [0.1, 0.15) is 50.1 Å². The van der Waals surface area contributed by atoms with Crippen molar-refractivity contribution >= 4 is 5.91 Å². The van der Waals surface area contributed by atoms with Gasteiger partial charge in [-0.15, -0.1) is 0 Å². The molecule has 0 saturated heterocycles. The van der Waals surface area contributed by atoms with Crippen LogP contribution in [0.5, 0.6) is 0 Å². The van der Waals surface area contributed by atoms with E-state index in [0.717, 1.165) is 49.4 Å². The molecule has 0 saturated carbocycles. The number of rotatable bonds is 8. The molecule has 130 valence electrons. The molecule has 0 N–H and O–H groups in total. The first-order valence-electron chi connectivity index (χ1n) is 8.95. The third-order valence-corrected chi connectivity index (χ3v) is 4.33. The summed E-state index contributed by atoms with van der Waals surface area (Å²) in [6.07, 6.45) is 3.57. The summed E-state index contributed by atoms with van der Waals surface area (Å²) >= 11 is 0. The summed E-state index contributed by atoms with van der Waals surface area (Å²) in [5, 5.41) is 4.50. The number of aromatic nitrogens is 2. The predicted molar refractivity (Wildman–Crippen MR) is 98.5 cm³/mol. The summed E-state index contributed by atoms with van der Waals surface area (Å²) in [6, 6.07) is 10.4. The first-order chi connectivity index (χ1) is 11.5. The van der Waals surface area contributed by atoms with E-state index in [1.54, 1.807) is 0 Å². The van der Waals surface area contributed by atoms with Gasteiger partial charge in [0.15, 0.2) is 0 Å². The van der Waals surface area contributed by atoms with Crippen LogP contribution >= 0.6 is 0 Å². The van der Waals surface area contributed by atoms with E-state index in [0.29, 0.717) is 6.42 Å². The Bertz CT molecular complexity index is 658. The Labute approximate surface area is 145 Å². The topological polar surface area (TPSA) is 38.1 Å². The molecule has 2 aromatic rings. The van der Waals surface area contributed by atoms with Crippen LogP contribution in [0.25, 0.3) is 5.69 Å². The first-order valence-corrected chi connectivity index (χ1v) is 8.95. The first kappa shape index (κ1) is 18.2. The molecule has 0 bridgehead atoms. The lowest BCUT2D eigenvalue weighted by Crippen LogP contribution is -2.31. The molecule has 0 aliphatic carbocycles. The second-order valence-corrected chi connectivity index (χ2v) is 6.33. The van der Waals surface area contributed by atoms with Gasteiger partial charge < -0.3 is 4.90 Å². The maximum absolute atomic E-state index is 12.3. The minimum Gasteiger partial charge on any atom is -0.343 e. The fraction of sp³-hybridized carbons (Fsp3) is 0.500. The fourth-order valence-corrected chi connectivity index (χ4v) is 2.91. The zero-order valence-corrected chi connectivity index (χ0v) is 15.4. The minimum atomic E-state index is 0.258. The Morgan fingerprint density at radius 3 is 2.42 bits per heavy atom. The highest BCUT2D eigenvalue weighted by molar-refractivity contribution is 5.76. The van der Waals surface area contributed by atoms with Gasteiger partial charge in [0.1, 0.15) is 0 Å². The molecule has 0 aliphatic rings. The summed E-state index contributed by atoms with van der Waals surface area (Å²) in [6.45, 7) is 9.95. The molecule has 0 atom stereocenters. The van der Waals surface area contributed by atoms with Crippen molar-refractivity contribution in [1.82, 2.24) is 14.7 Å². The monoisotopic (exact) mass is 327 g/mol. The average molecular weight is 327 g/mol. The lowest BCUT2D eigenvalue weighted by atomic mass is 10.1. The highest BCUT2D eigenvalue weighted by Gasteiger charge is 2.11. The maximum atomic E-state index is 12.3. The zero-order chi connectivity index (χ0) is 17.5. The second kappa shape index (κ2) is 8.67. The van der Waals surface area contributed by atoms with Crippen LogP contribution in [0.3, 0.4) is 0 Å². The van der Waals surface area contributed by atoms with Crippen molar-refractivity contribution in [2.24, 2.45) is 0 Å². The number of unbranched alkanes of at least 4 members (excludes halogenated alkanes) is 1. The molecule has 4 nitrogen and oxygen atoms in total. The van der Waals surface area contributed by atoms with Crippen molar-refractivity contribution in [1.29, 1.82) is 0 Å². The summed E-state index contributed by atoms with van der Waals surface area (Å²) < 4.78 is 1.95. The quantitative estimate of drug-likeness (QED) is 0.733. The normalized spacial score (nSPS) is 10.8. The molecule has 0 unspecified atom stereocenters. The standard InChI is InChI=1S/C20H29N3O/c1-5-7-14-22(6-2)20(24)13-10-18-8-11-19(12-9-18)23-17(4)15-16(3)21-23/h8-9,11-12,15H,5-7,10,13-14H2,1-4H3. The van der Waals surface area contributed by atoms with Crippen molar-refractivity contribution in [3.63, 3.8) is 0 Å². The van der Waals surface area contributed by atoms with Crippen LogP contribution in [0.4, 0.5) is 0 Å². The van der Waals surface area contributed by atoms with Gasteiger partial charge in [-0.3, -0.25) is 4.79 Å².